The Morgan fingerprint density at radius 1 is 1.05 bits per heavy atom. The molecule has 6 heteroatoms. The molecule has 5 nitrogen and oxygen atoms in total. The lowest BCUT2D eigenvalue weighted by molar-refractivity contribution is 0.174. The van der Waals surface area contributed by atoms with Gasteiger partial charge in [0.15, 0.2) is 23.0 Å². The van der Waals surface area contributed by atoms with Crippen molar-refractivity contribution in [2.45, 2.75) is 0 Å². The van der Waals surface area contributed by atoms with E-state index < -0.39 is 0 Å². The zero-order valence-electron chi connectivity index (χ0n) is 9.71. The van der Waals surface area contributed by atoms with Gasteiger partial charge in [0, 0.05) is 5.56 Å². The number of hydrogen-bond acceptors (Lipinski definition) is 4. The third-order valence-corrected chi connectivity index (χ3v) is 3.31. The van der Waals surface area contributed by atoms with E-state index in [1.807, 2.05) is 30.3 Å². The van der Waals surface area contributed by atoms with Crippen LogP contribution < -0.4 is 9.47 Å². The second kappa shape index (κ2) is 3.86. The van der Waals surface area contributed by atoms with E-state index in [2.05, 4.69) is 10.2 Å². The van der Waals surface area contributed by atoms with Crippen LogP contribution in [0, 0.1) is 0 Å². The molecule has 0 spiro atoms. The Balaban J connectivity index is 1.95. The normalized spacial score (nSPS) is 13.1. The molecule has 0 saturated carbocycles. The van der Waals surface area contributed by atoms with Crippen molar-refractivity contribution in [3.63, 3.8) is 0 Å². The molecule has 94 valence electrons. The van der Waals surface area contributed by atoms with Gasteiger partial charge < -0.3 is 9.47 Å². The summed E-state index contributed by atoms with van der Waals surface area (Å²) in [6.45, 7) is 0.250. The maximum absolute atomic E-state index is 6.20. The van der Waals surface area contributed by atoms with E-state index in [9.17, 15) is 0 Å². The highest BCUT2D eigenvalue weighted by molar-refractivity contribution is 6.29. The van der Waals surface area contributed by atoms with Gasteiger partial charge in [-0.1, -0.05) is 17.7 Å². The molecule has 4 rings (SSSR count). The van der Waals surface area contributed by atoms with Gasteiger partial charge in [-0.15, -0.1) is 10.2 Å². The number of halogens is 1. The predicted octanol–water partition coefficient (Wildman–Crippen LogP) is 2.78. The third kappa shape index (κ3) is 1.55. The van der Waals surface area contributed by atoms with Crippen molar-refractivity contribution in [1.29, 1.82) is 0 Å². The van der Waals surface area contributed by atoms with Crippen LogP contribution in [0.15, 0.2) is 36.4 Å². The highest BCUT2D eigenvalue weighted by Gasteiger charge is 2.17. The summed E-state index contributed by atoms with van der Waals surface area (Å²) in [6.07, 6.45) is 0. The number of aromatic nitrogens is 3. The molecular formula is C13H8ClN3O2. The summed E-state index contributed by atoms with van der Waals surface area (Å²) in [5.74, 6) is 2.13. The molecular weight excluding hydrogens is 266 g/mol. The number of benzene rings is 1. The molecule has 0 aliphatic carbocycles. The number of ether oxygens (including phenoxy) is 2. The first-order chi connectivity index (χ1) is 9.33. The Hall–Kier alpha value is -2.27. The Kier molecular flexibility index (Phi) is 2.16. The largest absolute Gasteiger partial charge is 0.454 e. The monoisotopic (exact) mass is 273 g/mol. The minimum atomic E-state index is 0.250. The fourth-order valence-corrected chi connectivity index (χ4v) is 2.36. The molecule has 1 aliphatic rings. The summed E-state index contributed by atoms with van der Waals surface area (Å²) in [7, 11) is 0. The molecule has 0 fully saturated rings. The quantitative estimate of drug-likeness (QED) is 0.640. The summed E-state index contributed by atoms with van der Waals surface area (Å²) in [5.41, 5.74) is 1.59. The van der Waals surface area contributed by atoms with Gasteiger partial charge in [-0.05, 0) is 30.3 Å². The minimum Gasteiger partial charge on any atom is -0.454 e. The topological polar surface area (TPSA) is 48.7 Å². The SMILES string of the molecule is Clc1cccc2nnc(-c3ccc4c(c3)OCO4)n12. The van der Waals surface area contributed by atoms with Gasteiger partial charge in [0.25, 0.3) is 0 Å². The van der Waals surface area contributed by atoms with Crippen molar-refractivity contribution in [3.8, 4) is 22.9 Å². The molecule has 2 aromatic heterocycles. The lowest BCUT2D eigenvalue weighted by Crippen LogP contribution is -1.93. The second-order valence-electron chi connectivity index (χ2n) is 4.13. The summed E-state index contributed by atoms with van der Waals surface area (Å²) >= 11 is 6.20. The average molecular weight is 274 g/mol. The van der Waals surface area contributed by atoms with E-state index in [1.54, 1.807) is 10.5 Å². The Morgan fingerprint density at radius 3 is 2.89 bits per heavy atom. The van der Waals surface area contributed by atoms with Crippen LogP contribution in [0.2, 0.25) is 5.15 Å². The Morgan fingerprint density at radius 2 is 1.95 bits per heavy atom. The van der Waals surface area contributed by atoms with E-state index in [0.29, 0.717) is 22.4 Å². The van der Waals surface area contributed by atoms with Crippen molar-refractivity contribution in [3.05, 3.63) is 41.6 Å². The third-order valence-electron chi connectivity index (χ3n) is 3.01. The molecule has 0 amide bonds. The zero-order chi connectivity index (χ0) is 12.8. The molecule has 1 aliphatic heterocycles. The molecule has 1 aromatic carbocycles. The lowest BCUT2D eigenvalue weighted by Gasteiger charge is -2.03. The van der Waals surface area contributed by atoms with Crippen LogP contribution >= 0.6 is 11.6 Å². The van der Waals surface area contributed by atoms with Gasteiger partial charge in [-0.3, -0.25) is 4.40 Å². The van der Waals surface area contributed by atoms with E-state index in [4.69, 9.17) is 21.1 Å². The average Bonchev–Trinajstić information content (AvgIpc) is 3.04. The van der Waals surface area contributed by atoms with E-state index in [0.717, 1.165) is 11.3 Å². The number of nitrogens with zero attached hydrogens (tertiary/aromatic N) is 3. The van der Waals surface area contributed by atoms with Gasteiger partial charge in [0.05, 0.1) is 0 Å². The number of pyridine rings is 1. The van der Waals surface area contributed by atoms with Gasteiger partial charge in [0.1, 0.15) is 5.15 Å². The number of fused-ring (bicyclic) bond motifs is 2. The number of hydrogen-bond donors (Lipinski definition) is 0. The van der Waals surface area contributed by atoms with Gasteiger partial charge in [0.2, 0.25) is 6.79 Å². The Bertz CT molecular complexity index is 785. The summed E-state index contributed by atoms with van der Waals surface area (Å²) in [5, 5.41) is 8.85. The van der Waals surface area contributed by atoms with Crippen molar-refractivity contribution in [1.82, 2.24) is 14.6 Å². The molecule has 19 heavy (non-hydrogen) atoms. The smallest absolute Gasteiger partial charge is 0.231 e. The maximum atomic E-state index is 6.20. The molecule has 3 heterocycles. The minimum absolute atomic E-state index is 0.250. The molecule has 0 unspecified atom stereocenters. The van der Waals surface area contributed by atoms with Gasteiger partial charge in [-0.2, -0.15) is 0 Å². The first-order valence-corrected chi connectivity index (χ1v) is 6.10. The van der Waals surface area contributed by atoms with Crippen molar-refractivity contribution in [2.75, 3.05) is 6.79 Å². The van der Waals surface area contributed by atoms with E-state index in [1.165, 1.54) is 0 Å². The van der Waals surface area contributed by atoms with Gasteiger partial charge >= 0.3 is 0 Å². The van der Waals surface area contributed by atoms with Crippen LogP contribution in [0.1, 0.15) is 0 Å². The van der Waals surface area contributed by atoms with E-state index in [-0.39, 0.29) is 6.79 Å². The van der Waals surface area contributed by atoms with Crippen LogP contribution in [0.4, 0.5) is 0 Å². The molecule has 0 bridgehead atoms. The summed E-state index contributed by atoms with van der Waals surface area (Å²) in [6, 6.07) is 11.1. The van der Waals surface area contributed by atoms with Crippen LogP contribution in [0.25, 0.3) is 17.0 Å². The Labute approximate surface area is 113 Å². The first-order valence-electron chi connectivity index (χ1n) is 5.72. The predicted molar refractivity (Wildman–Crippen MR) is 69.6 cm³/mol. The van der Waals surface area contributed by atoms with Crippen molar-refractivity contribution in [2.24, 2.45) is 0 Å². The molecule has 0 radical (unpaired) electrons. The fourth-order valence-electron chi connectivity index (χ4n) is 2.13. The summed E-state index contributed by atoms with van der Waals surface area (Å²) in [4.78, 5) is 0. The highest BCUT2D eigenvalue weighted by atomic mass is 35.5. The lowest BCUT2D eigenvalue weighted by atomic mass is 10.2. The number of rotatable bonds is 1. The van der Waals surface area contributed by atoms with Gasteiger partial charge in [-0.25, -0.2) is 0 Å². The van der Waals surface area contributed by atoms with Crippen LogP contribution in [0.5, 0.6) is 11.5 Å². The molecule has 3 aromatic rings. The fraction of sp³-hybridized carbons (Fsp3) is 0.0769. The van der Waals surface area contributed by atoms with Crippen LogP contribution in [-0.4, -0.2) is 21.4 Å². The van der Waals surface area contributed by atoms with Crippen molar-refractivity contribution < 1.29 is 9.47 Å². The molecule has 0 saturated heterocycles. The zero-order valence-corrected chi connectivity index (χ0v) is 10.5. The maximum Gasteiger partial charge on any atom is 0.231 e. The molecule has 0 atom stereocenters. The highest BCUT2D eigenvalue weighted by Crippen LogP contribution is 2.35. The van der Waals surface area contributed by atoms with E-state index >= 15 is 0 Å². The first kappa shape index (κ1) is 10.6. The second-order valence-corrected chi connectivity index (χ2v) is 4.52. The summed E-state index contributed by atoms with van der Waals surface area (Å²) < 4.78 is 12.4. The van der Waals surface area contributed by atoms with Crippen molar-refractivity contribution >= 4 is 17.2 Å². The van der Waals surface area contributed by atoms with Crippen LogP contribution in [-0.2, 0) is 0 Å². The van der Waals surface area contributed by atoms with Crippen LogP contribution in [0.3, 0.4) is 0 Å². The molecule has 0 N–H and O–H groups in total. The standard InChI is InChI=1S/C13H8ClN3O2/c14-11-2-1-3-12-15-16-13(17(11)12)8-4-5-9-10(6-8)19-7-18-9/h1-6H,7H2.